The number of hydrogen-bond donors (Lipinski definition) is 0. The van der Waals surface area contributed by atoms with Crippen molar-refractivity contribution in [3.05, 3.63) is 76.8 Å². The van der Waals surface area contributed by atoms with Gasteiger partial charge in [0.25, 0.3) is 15.9 Å². The molecule has 0 spiro atoms. The lowest BCUT2D eigenvalue weighted by Gasteiger charge is -2.43. The topological polar surface area (TPSA) is 106 Å². The Balaban J connectivity index is 1.63. The minimum Gasteiger partial charge on any atom is -0.497 e. The van der Waals surface area contributed by atoms with Crippen molar-refractivity contribution in [2.45, 2.75) is 41.9 Å². The van der Waals surface area contributed by atoms with Crippen LogP contribution in [0.25, 0.3) is 0 Å². The second kappa shape index (κ2) is 11.9. The molecule has 3 aromatic carbocycles. The van der Waals surface area contributed by atoms with Crippen LogP contribution >= 0.6 is 11.6 Å². The summed E-state index contributed by atoms with van der Waals surface area (Å²) in [6.07, 6.45) is -6.45. The monoisotopic (exact) mass is 697 g/mol. The van der Waals surface area contributed by atoms with E-state index in [0.717, 1.165) is 24.6 Å². The number of anilines is 1. The van der Waals surface area contributed by atoms with Crippen LogP contribution < -0.4 is 18.5 Å². The number of amides is 2. The van der Waals surface area contributed by atoms with Gasteiger partial charge in [0.15, 0.2) is 11.3 Å². The Kier molecular flexibility index (Phi) is 8.29. The zero-order valence-electron chi connectivity index (χ0n) is 25.0. The van der Waals surface area contributed by atoms with Crippen molar-refractivity contribution in [1.29, 1.82) is 0 Å². The predicted octanol–water partition coefficient (Wildman–Crippen LogP) is 4.88. The normalized spacial score (nSPS) is 23.0. The Morgan fingerprint density at radius 3 is 2.34 bits per heavy atom. The predicted molar refractivity (Wildman–Crippen MR) is 161 cm³/mol. The fourth-order valence-electron chi connectivity index (χ4n) is 6.49. The van der Waals surface area contributed by atoms with E-state index in [0.29, 0.717) is 17.4 Å². The molecule has 250 valence electrons. The molecule has 2 fully saturated rings. The van der Waals surface area contributed by atoms with Crippen molar-refractivity contribution in [1.82, 2.24) is 9.80 Å². The first kappa shape index (κ1) is 32.8. The molecule has 3 aliphatic rings. The first-order valence-electron chi connectivity index (χ1n) is 14.4. The number of sulfonamides is 1. The summed E-state index contributed by atoms with van der Waals surface area (Å²) in [4.78, 5) is 30.8. The van der Waals surface area contributed by atoms with Gasteiger partial charge < -0.3 is 19.1 Å². The molecule has 3 aliphatic heterocycles. The summed E-state index contributed by atoms with van der Waals surface area (Å²) < 4.78 is 100. The first-order chi connectivity index (χ1) is 22.2. The number of carbonyl (C=O) groups excluding carboxylic acids is 2. The smallest absolute Gasteiger partial charge is 0.497 e. The Bertz CT molecular complexity index is 1860. The fraction of sp³-hybridized carbons (Fsp3) is 0.355. The fourth-order valence-corrected chi connectivity index (χ4v) is 8.22. The highest BCUT2D eigenvalue weighted by Crippen LogP contribution is 2.55. The number of para-hydroxylation sites is 1. The highest BCUT2D eigenvalue weighted by atomic mass is 35.5. The van der Waals surface area contributed by atoms with Gasteiger partial charge in [0.2, 0.25) is 5.91 Å². The zero-order chi connectivity index (χ0) is 33.9. The molecule has 6 rings (SSSR count). The number of hydrogen-bond acceptors (Lipinski definition) is 8. The minimum absolute atomic E-state index is 0.0367. The SMILES string of the molecule is COc1ccc(S(=O)(=O)N2C(=O)C(c3ccccc3OC)(N3C[C@@H](F)C[C@@H]3C(=O)N3CCC3)c3cc(Cl)ccc32)c(OC(F)(F)F)c1. The number of alkyl halides is 4. The van der Waals surface area contributed by atoms with Crippen molar-refractivity contribution in [2.24, 2.45) is 0 Å². The van der Waals surface area contributed by atoms with Crippen LogP contribution in [0.4, 0.5) is 23.2 Å². The number of carbonyl (C=O) groups is 2. The summed E-state index contributed by atoms with van der Waals surface area (Å²) in [5.41, 5.74) is -2.46. The molecule has 1 unspecified atom stereocenters. The first-order valence-corrected chi connectivity index (χ1v) is 16.2. The van der Waals surface area contributed by atoms with E-state index in [-0.39, 0.29) is 39.8 Å². The molecule has 0 aromatic heterocycles. The quantitative estimate of drug-likeness (QED) is 0.307. The van der Waals surface area contributed by atoms with Crippen LogP contribution in [0.2, 0.25) is 5.02 Å². The molecule has 2 amide bonds. The number of fused-ring (bicyclic) bond motifs is 1. The molecule has 16 heteroatoms. The van der Waals surface area contributed by atoms with E-state index < -0.39 is 63.1 Å². The van der Waals surface area contributed by atoms with Crippen molar-refractivity contribution < 1.29 is 49.8 Å². The number of likely N-dealkylation sites (tertiary alicyclic amines) is 2. The van der Waals surface area contributed by atoms with Crippen LogP contribution in [0.1, 0.15) is 24.0 Å². The van der Waals surface area contributed by atoms with Crippen LogP contribution in [-0.4, -0.2) is 82.5 Å². The number of rotatable bonds is 8. The Labute approximate surface area is 272 Å². The van der Waals surface area contributed by atoms with E-state index in [2.05, 4.69) is 4.74 Å². The van der Waals surface area contributed by atoms with Gasteiger partial charge in [-0.1, -0.05) is 29.8 Å². The third-order valence-corrected chi connectivity index (χ3v) is 10.6. The number of methoxy groups -OCH3 is 2. The molecule has 2 saturated heterocycles. The number of halogens is 5. The Hall–Kier alpha value is -4.08. The molecule has 0 bridgehead atoms. The van der Waals surface area contributed by atoms with E-state index in [1.54, 1.807) is 12.1 Å². The molecule has 0 aliphatic carbocycles. The van der Waals surface area contributed by atoms with Crippen LogP contribution in [-0.2, 0) is 25.2 Å². The molecular formula is C31H28ClF4N3O7S. The summed E-state index contributed by atoms with van der Waals surface area (Å²) in [6.45, 7) is 0.398. The lowest BCUT2D eigenvalue weighted by molar-refractivity contribution is -0.275. The third-order valence-electron chi connectivity index (χ3n) is 8.59. The molecular weight excluding hydrogens is 670 g/mol. The van der Waals surface area contributed by atoms with Gasteiger partial charge in [-0.05, 0) is 42.8 Å². The second-order valence-electron chi connectivity index (χ2n) is 11.2. The number of benzene rings is 3. The maximum absolute atomic E-state index is 15.5. The van der Waals surface area contributed by atoms with Gasteiger partial charge in [-0.25, -0.2) is 17.1 Å². The average molecular weight is 698 g/mol. The van der Waals surface area contributed by atoms with Gasteiger partial charge in [0.1, 0.15) is 22.6 Å². The maximum atomic E-state index is 15.5. The van der Waals surface area contributed by atoms with Crippen LogP contribution in [0, 0.1) is 0 Å². The lowest BCUT2D eigenvalue weighted by Crippen LogP contribution is -2.60. The molecule has 0 radical (unpaired) electrons. The molecule has 3 heterocycles. The van der Waals surface area contributed by atoms with Gasteiger partial charge >= 0.3 is 6.36 Å². The van der Waals surface area contributed by atoms with E-state index in [4.69, 9.17) is 21.1 Å². The highest BCUT2D eigenvalue weighted by Gasteiger charge is 2.64. The van der Waals surface area contributed by atoms with Crippen molar-refractivity contribution >= 4 is 39.1 Å². The summed E-state index contributed by atoms with van der Waals surface area (Å²) in [5, 5.41) is 0.0715. The van der Waals surface area contributed by atoms with Crippen LogP contribution in [0.5, 0.6) is 17.2 Å². The Morgan fingerprint density at radius 2 is 1.70 bits per heavy atom. The summed E-state index contributed by atoms with van der Waals surface area (Å²) in [5.74, 6) is -2.84. The zero-order valence-corrected chi connectivity index (χ0v) is 26.5. The molecule has 0 saturated carbocycles. The van der Waals surface area contributed by atoms with E-state index in [9.17, 15) is 26.4 Å². The third kappa shape index (κ3) is 5.33. The summed E-state index contributed by atoms with van der Waals surface area (Å²) >= 11 is 6.45. The molecule has 3 aromatic rings. The van der Waals surface area contributed by atoms with E-state index in [1.807, 2.05) is 0 Å². The number of nitrogens with zero attached hydrogens (tertiary/aromatic N) is 3. The minimum atomic E-state index is -5.31. The van der Waals surface area contributed by atoms with Crippen LogP contribution in [0.15, 0.2) is 65.6 Å². The van der Waals surface area contributed by atoms with Gasteiger partial charge in [-0.15, -0.1) is 13.2 Å². The standard InChI is InChI=1S/C31H28ClF4N3O7S/c1-44-20-9-11-27(26(16-20)46-31(34,35)36)47(42,43)39-23-10-8-18(32)14-22(23)30(29(39)41,21-6-3-4-7-25(21)45-2)38-17-19(33)15-24(38)28(40)37-12-5-13-37/h3-4,6-11,14,16,19,24H,5,12-13,15,17H2,1-2H3/t19-,24+,30?/m0/s1. The van der Waals surface area contributed by atoms with Gasteiger partial charge in [0.05, 0.1) is 25.9 Å². The summed E-state index contributed by atoms with van der Waals surface area (Å²) in [6, 6.07) is 11.5. The molecule has 3 atom stereocenters. The largest absolute Gasteiger partial charge is 0.573 e. The maximum Gasteiger partial charge on any atom is 0.573 e. The van der Waals surface area contributed by atoms with E-state index >= 15 is 9.18 Å². The van der Waals surface area contributed by atoms with Gasteiger partial charge in [0, 0.05) is 48.3 Å². The van der Waals surface area contributed by atoms with Crippen molar-refractivity contribution in [3.63, 3.8) is 0 Å². The van der Waals surface area contributed by atoms with Crippen molar-refractivity contribution in [2.75, 3.05) is 38.2 Å². The lowest BCUT2D eigenvalue weighted by atomic mass is 9.80. The second-order valence-corrected chi connectivity index (χ2v) is 13.4. The molecule has 0 N–H and O–H groups in total. The van der Waals surface area contributed by atoms with Gasteiger partial charge in [-0.2, -0.15) is 0 Å². The Morgan fingerprint density at radius 1 is 0.979 bits per heavy atom. The molecule has 10 nitrogen and oxygen atoms in total. The van der Waals surface area contributed by atoms with E-state index in [1.165, 1.54) is 54.4 Å². The molecule has 47 heavy (non-hydrogen) atoms. The van der Waals surface area contributed by atoms with Crippen molar-refractivity contribution in [3.8, 4) is 17.2 Å². The van der Waals surface area contributed by atoms with Gasteiger partial charge in [-0.3, -0.25) is 14.5 Å². The van der Waals surface area contributed by atoms with Crippen LogP contribution in [0.3, 0.4) is 0 Å². The number of ether oxygens (including phenoxy) is 3. The summed E-state index contributed by atoms with van der Waals surface area (Å²) in [7, 11) is -2.74. The average Bonchev–Trinajstić information content (AvgIpc) is 3.50. The highest BCUT2D eigenvalue weighted by molar-refractivity contribution is 7.93.